The van der Waals surface area contributed by atoms with E-state index >= 15 is 0 Å². The van der Waals surface area contributed by atoms with Gasteiger partial charge in [-0.2, -0.15) is 0 Å². The van der Waals surface area contributed by atoms with Gasteiger partial charge >= 0.3 is 0 Å². The first-order valence-electron chi connectivity index (χ1n) is 7.63. The van der Waals surface area contributed by atoms with Crippen LogP contribution in [0.1, 0.15) is 12.8 Å². The van der Waals surface area contributed by atoms with Gasteiger partial charge < -0.3 is 14.2 Å². The third-order valence-corrected chi connectivity index (χ3v) is 4.86. The van der Waals surface area contributed by atoms with E-state index in [4.69, 9.17) is 14.2 Å². The summed E-state index contributed by atoms with van der Waals surface area (Å²) < 4.78 is 18.4. The van der Waals surface area contributed by atoms with Crippen molar-refractivity contribution >= 4 is 17.6 Å². The van der Waals surface area contributed by atoms with Crippen molar-refractivity contribution in [2.45, 2.75) is 12.8 Å². The van der Waals surface area contributed by atoms with Gasteiger partial charge in [-0.1, -0.05) is 12.1 Å². The van der Waals surface area contributed by atoms with E-state index in [1.165, 1.54) is 5.47 Å². The Hall–Kier alpha value is -2.62. The highest BCUT2D eigenvalue weighted by molar-refractivity contribution is 6.94. The Kier molecular flexibility index (Phi) is 1.79. The van der Waals surface area contributed by atoms with Gasteiger partial charge in [0, 0.05) is 22.8 Å². The molecule has 4 heteroatoms. The van der Waals surface area contributed by atoms with Crippen molar-refractivity contribution < 1.29 is 14.2 Å². The molecule has 0 fully saturated rings. The summed E-state index contributed by atoms with van der Waals surface area (Å²) >= 11 is 0. The van der Waals surface area contributed by atoms with E-state index in [2.05, 4.69) is 6.08 Å². The first-order chi connectivity index (χ1) is 10.9. The van der Waals surface area contributed by atoms with Crippen molar-refractivity contribution in [2.24, 2.45) is 0 Å². The molecule has 2 aromatic carbocycles. The largest absolute Gasteiger partial charge is 0.463 e. The van der Waals surface area contributed by atoms with Gasteiger partial charge in [-0.3, -0.25) is 0 Å². The Balaban J connectivity index is 1.78. The minimum Gasteiger partial charge on any atom is -0.463 e. The van der Waals surface area contributed by atoms with Crippen molar-refractivity contribution in [3.63, 3.8) is 0 Å². The van der Waals surface area contributed by atoms with E-state index in [-0.39, 0.29) is 6.71 Å². The molecule has 0 bridgehead atoms. The second-order valence-electron chi connectivity index (χ2n) is 6.02. The zero-order valence-corrected chi connectivity index (χ0v) is 11.8. The van der Waals surface area contributed by atoms with E-state index in [0.717, 1.165) is 58.3 Å². The SMILES string of the molecule is C1=C2Oc3cccc4c3B3C2=C(CC1)Oc1cccc(c13)O4. The number of allylic oxidation sites excluding steroid dienone is 3. The van der Waals surface area contributed by atoms with E-state index in [0.29, 0.717) is 0 Å². The quantitative estimate of drug-likeness (QED) is 0.697. The summed E-state index contributed by atoms with van der Waals surface area (Å²) in [6, 6.07) is 12.1. The average molecular weight is 286 g/mol. The smallest absolute Gasteiger partial charge is 0.269 e. The molecular formula is C18H11BO3. The first kappa shape index (κ1) is 11.0. The molecule has 1 aliphatic carbocycles. The normalized spacial score (nSPS) is 18.7. The van der Waals surface area contributed by atoms with Gasteiger partial charge in [0.15, 0.2) is 0 Å². The molecule has 0 amide bonds. The van der Waals surface area contributed by atoms with Crippen LogP contribution in [0.2, 0.25) is 0 Å². The zero-order chi connectivity index (χ0) is 14.3. The standard InChI is InChI=1S/C18H11BO3/c1-4-10-16-11(5-1)21-13-7-3-9-15-18(13)19(16)17-12(20-10)6-2-8-14(17)22-15/h1-2,4-8H,3,9H2. The second kappa shape index (κ2) is 3.58. The fourth-order valence-corrected chi connectivity index (χ4v) is 4.00. The molecule has 3 aliphatic heterocycles. The van der Waals surface area contributed by atoms with Gasteiger partial charge in [-0.05, 0) is 36.8 Å². The van der Waals surface area contributed by atoms with Crippen molar-refractivity contribution in [2.75, 3.05) is 0 Å². The molecule has 4 aliphatic rings. The Bertz CT molecular complexity index is 926. The summed E-state index contributed by atoms with van der Waals surface area (Å²) in [7, 11) is 0. The molecule has 0 N–H and O–H groups in total. The molecule has 0 saturated heterocycles. The summed E-state index contributed by atoms with van der Waals surface area (Å²) in [6.07, 6.45) is 4.07. The van der Waals surface area contributed by atoms with E-state index < -0.39 is 0 Å². The number of benzene rings is 2. The topological polar surface area (TPSA) is 27.7 Å². The molecule has 0 saturated carbocycles. The predicted molar refractivity (Wildman–Crippen MR) is 83.6 cm³/mol. The van der Waals surface area contributed by atoms with Crippen molar-refractivity contribution in [1.29, 1.82) is 0 Å². The predicted octanol–water partition coefficient (Wildman–Crippen LogP) is 2.66. The van der Waals surface area contributed by atoms with Crippen molar-refractivity contribution in [1.82, 2.24) is 0 Å². The first-order valence-corrected chi connectivity index (χ1v) is 7.63. The van der Waals surface area contributed by atoms with Gasteiger partial charge in [0.1, 0.15) is 34.5 Å². The monoisotopic (exact) mass is 286 g/mol. The van der Waals surface area contributed by atoms with E-state index in [9.17, 15) is 0 Å². The average Bonchev–Trinajstić information content (AvgIpc) is 2.55. The van der Waals surface area contributed by atoms with Gasteiger partial charge in [0.05, 0.1) is 0 Å². The van der Waals surface area contributed by atoms with Crippen LogP contribution in [0.3, 0.4) is 0 Å². The molecule has 3 heterocycles. The molecule has 6 rings (SSSR count). The maximum atomic E-state index is 6.18. The lowest BCUT2D eigenvalue weighted by Crippen LogP contribution is -2.55. The van der Waals surface area contributed by atoms with Gasteiger partial charge in [-0.25, -0.2) is 0 Å². The van der Waals surface area contributed by atoms with Gasteiger partial charge in [0.2, 0.25) is 0 Å². The lowest BCUT2D eigenvalue weighted by atomic mass is 9.32. The molecule has 22 heavy (non-hydrogen) atoms. The second-order valence-corrected chi connectivity index (χ2v) is 6.02. The Morgan fingerprint density at radius 2 is 1.41 bits per heavy atom. The molecule has 0 aromatic heterocycles. The number of ether oxygens (including phenoxy) is 3. The van der Waals surface area contributed by atoms with Crippen molar-refractivity contribution in [3.8, 4) is 23.0 Å². The van der Waals surface area contributed by atoms with Gasteiger partial charge in [-0.15, -0.1) is 0 Å². The van der Waals surface area contributed by atoms with Crippen LogP contribution in [0.15, 0.2) is 59.5 Å². The molecular weight excluding hydrogens is 275 g/mol. The Labute approximate surface area is 127 Å². The lowest BCUT2D eigenvalue weighted by Gasteiger charge is -2.39. The van der Waals surface area contributed by atoms with Crippen LogP contribution in [0, 0.1) is 0 Å². The highest BCUT2D eigenvalue weighted by Crippen LogP contribution is 2.44. The number of rotatable bonds is 0. The number of hydrogen-bond donors (Lipinski definition) is 0. The number of hydrogen-bond acceptors (Lipinski definition) is 3. The summed E-state index contributed by atoms with van der Waals surface area (Å²) in [6.45, 7) is 0.176. The minimum atomic E-state index is 0.176. The van der Waals surface area contributed by atoms with E-state index in [1.54, 1.807) is 0 Å². The van der Waals surface area contributed by atoms with Crippen LogP contribution in [0.25, 0.3) is 0 Å². The molecule has 104 valence electrons. The summed E-state index contributed by atoms with van der Waals surface area (Å²) in [4.78, 5) is 0. The summed E-state index contributed by atoms with van der Waals surface area (Å²) in [5.41, 5.74) is 3.46. The molecule has 0 atom stereocenters. The molecule has 2 aromatic rings. The van der Waals surface area contributed by atoms with Gasteiger partial charge in [0.25, 0.3) is 6.71 Å². The van der Waals surface area contributed by atoms with Crippen LogP contribution in [-0.4, -0.2) is 6.71 Å². The zero-order valence-electron chi connectivity index (χ0n) is 11.8. The van der Waals surface area contributed by atoms with Crippen LogP contribution in [-0.2, 0) is 0 Å². The minimum absolute atomic E-state index is 0.176. The maximum Gasteiger partial charge on any atom is 0.269 e. The van der Waals surface area contributed by atoms with Crippen LogP contribution >= 0.6 is 0 Å². The fourth-order valence-electron chi connectivity index (χ4n) is 4.00. The molecule has 0 spiro atoms. The van der Waals surface area contributed by atoms with Crippen LogP contribution in [0.5, 0.6) is 23.0 Å². The molecule has 0 radical (unpaired) electrons. The summed E-state index contributed by atoms with van der Waals surface area (Å²) in [5, 5.41) is 0. The third kappa shape index (κ3) is 1.16. The highest BCUT2D eigenvalue weighted by Gasteiger charge is 2.48. The molecule has 3 nitrogen and oxygen atoms in total. The van der Waals surface area contributed by atoms with Crippen LogP contribution in [0.4, 0.5) is 0 Å². The Morgan fingerprint density at radius 1 is 0.773 bits per heavy atom. The molecule has 0 unspecified atom stereocenters. The lowest BCUT2D eigenvalue weighted by molar-refractivity contribution is 0.366. The fraction of sp³-hybridized carbons (Fsp3) is 0.111. The third-order valence-electron chi connectivity index (χ3n) is 4.86. The van der Waals surface area contributed by atoms with E-state index in [1.807, 2.05) is 36.4 Å². The maximum absolute atomic E-state index is 6.18. The Morgan fingerprint density at radius 3 is 2.14 bits per heavy atom. The summed E-state index contributed by atoms with van der Waals surface area (Å²) in [5.74, 6) is 5.62. The van der Waals surface area contributed by atoms with Crippen LogP contribution < -0.4 is 25.1 Å². The highest BCUT2D eigenvalue weighted by atomic mass is 16.5. The van der Waals surface area contributed by atoms with Crippen molar-refractivity contribution in [3.05, 3.63) is 59.5 Å².